The van der Waals surface area contributed by atoms with Crippen LogP contribution in [0.4, 0.5) is 5.69 Å². The summed E-state index contributed by atoms with van der Waals surface area (Å²) in [6, 6.07) is 14.9. The molecule has 0 aromatic heterocycles. The highest BCUT2D eigenvalue weighted by Crippen LogP contribution is 2.12. The van der Waals surface area contributed by atoms with Crippen molar-refractivity contribution in [3.05, 3.63) is 60.2 Å². The van der Waals surface area contributed by atoms with Gasteiger partial charge in [0.05, 0.1) is 0 Å². The number of thioether (sulfide) groups is 1. The standard InChI is InChI=1S/C21H25N3O4S/c1-22-20(26)15-8-10-16(11-9-15)23-21(27)18(12-13-29-2)24-19(25)14-28-17-6-4-3-5-7-17/h3-11,18H,12-14H2,1-2H3,(H,22,26)(H,23,27)(H,24,25). The Morgan fingerprint density at radius 2 is 1.72 bits per heavy atom. The predicted molar refractivity (Wildman–Crippen MR) is 115 cm³/mol. The van der Waals surface area contributed by atoms with Crippen LogP contribution in [0.25, 0.3) is 0 Å². The van der Waals surface area contributed by atoms with E-state index in [1.54, 1.807) is 55.2 Å². The molecule has 29 heavy (non-hydrogen) atoms. The second kappa shape index (κ2) is 11.8. The van der Waals surface area contributed by atoms with E-state index < -0.39 is 6.04 Å². The van der Waals surface area contributed by atoms with E-state index in [9.17, 15) is 14.4 Å². The Morgan fingerprint density at radius 3 is 2.34 bits per heavy atom. The van der Waals surface area contributed by atoms with Crippen molar-refractivity contribution in [3.8, 4) is 5.75 Å². The number of para-hydroxylation sites is 1. The van der Waals surface area contributed by atoms with Crippen molar-refractivity contribution in [2.75, 3.05) is 31.0 Å². The molecule has 1 atom stereocenters. The van der Waals surface area contributed by atoms with Gasteiger partial charge in [0, 0.05) is 18.3 Å². The summed E-state index contributed by atoms with van der Waals surface area (Å²) in [5.74, 6) is 0.410. The summed E-state index contributed by atoms with van der Waals surface area (Å²) in [7, 11) is 1.55. The first-order valence-electron chi connectivity index (χ1n) is 9.12. The van der Waals surface area contributed by atoms with E-state index in [4.69, 9.17) is 4.74 Å². The molecule has 0 saturated carbocycles. The number of carbonyl (C=O) groups excluding carboxylic acids is 3. The summed E-state index contributed by atoms with van der Waals surface area (Å²) in [6.45, 7) is -0.173. The molecule has 2 aromatic carbocycles. The van der Waals surface area contributed by atoms with Crippen LogP contribution in [0.5, 0.6) is 5.75 Å². The summed E-state index contributed by atoms with van der Waals surface area (Å²) < 4.78 is 5.43. The van der Waals surface area contributed by atoms with Gasteiger partial charge in [0.15, 0.2) is 6.61 Å². The zero-order chi connectivity index (χ0) is 21.1. The quantitative estimate of drug-likeness (QED) is 0.553. The maximum atomic E-state index is 12.6. The van der Waals surface area contributed by atoms with Crippen LogP contribution in [-0.4, -0.2) is 49.4 Å². The average molecular weight is 416 g/mol. The summed E-state index contributed by atoms with van der Waals surface area (Å²) in [6.07, 6.45) is 2.42. The Bertz CT molecular complexity index is 812. The van der Waals surface area contributed by atoms with Crippen molar-refractivity contribution >= 4 is 35.2 Å². The zero-order valence-electron chi connectivity index (χ0n) is 16.4. The van der Waals surface area contributed by atoms with Gasteiger partial charge in [-0.3, -0.25) is 14.4 Å². The highest BCUT2D eigenvalue weighted by Gasteiger charge is 2.21. The highest BCUT2D eigenvalue weighted by molar-refractivity contribution is 7.98. The number of amides is 3. The number of anilines is 1. The van der Waals surface area contributed by atoms with Gasteiger partial charge in [-0.05, 0) is 54.8 Å². The fourth-order valence-corrected chi connectivity index (χ4v) is 2.96. The lowest BCUT2D eigenvalue weighted by molar-refractivity contribution is -0.127. The molecular weight excluding hydrogens is 390 g/mol. The van der Waals surface area contributed by atoms with Crippen LogP contribution in [0, 0.1) is 0 Å². The molecule has 3 N–H and O–H groups in total. The van der Waals surface area contributed by atoms with E-state index in [0.717, 1.165) is 0 Å². The molecule has 2 aromatic rings. The number of rotatable bonds is 10. The molecule has 0 saturated heterocycles. The fraction of sp³-hybridized carbons (Fsp3) is 0.286. The van der Waals surface area contributed by atoms with Crippen LogP contribution >= 0.6 is 11.8 Å². The molecule has 0 aliphatic carbocycles. The molecule has 3 amide bonds. The number of ether oxygens (including phenoxy) is 1. The molecule has 1 unspecified atom stereocenters. The summed E-state index contributed by atoms with van der Waals surface area (Å²) in [5.41, 5.74) is 1.04. The normalized spacial score (nSPS) is 11.2. The lowest BCUT2D eigenvalue weighted by Crippen LogP contribution is -2.45. The second-order valence-electron chi connectivity index (χ2n) is 6.15. The van der Waals surface area contributed by atoms with Crippen LogP contribution in [-0.2, 0) is 9.59 Å². The van der Waals surface area contributed by atoms with E-state index in [1.807, 2.05) is 24.5 Å². The molecular formula is C21H25N3O4S. The van der Waals surface area contributed by atoms with Gasteiger partial charge in [-0.15, -0.1) is 0 Å². The number of hydrogen-bond donors (Lipinski definition) is 3. The third kappa shape index (κ3) is 7.50. The van der Waals surface area contributed by atoms with Gasteiger partial charge in [-0.25, -0.2) is 0 Å². The van der Waals surface area contributed by atoms with Crippen molar-refractivity contribution < 1.29 is 19.1 Å². The first-order valence-corrected chi connectivity index (χ1v) is 10.5. The summed E-state index contributed by atoms with van der Waals surface area (Å²) >= 11 is 1.59. The smallest absolute Gasteiger partial charge is 0.258 e. The van der Waals surface area contributed by atoms with Crippen LogP contribution < -0.4 is 20.7 Å². The van der Waals surface area contributed by atoms with Crippen molar-refractivity contribution in [1.29, 1.82) is 0 Å². The Kier molecular flexibility index (Phi) is 9.04. The van der Waals surface area contributed by atoms with E-state index in [-0.39, 0.29) is 24.3 Å². The van der Waals surface area contributed by atoms with E-state index >= 15 is 0 Å². The lowest BCUT2D eigenvalue weighted by atomic mass is 10.1. The molecule has 0 spiro atoms. The number of carbonyl (C=O) groups is 3. The van der Waals surface area contributed by atoms with Crippen molar-refractivity contribution in [3.63, 3.8) is 0 Å². The maximum Gasteiger partial charge on any atom is 0.258 e. The number of hydrogen-bond acceptors (Lipinski definition) is 5. The Hall–Kier alpha value is -3.00. The first kappa shape index (κ1) is 22.3. The van der Waals surface area contributed by atoms with Crippen LogP contribution in [0.1, 0.15) is 16.8 Å². The van der Waals surface area contributed by atoms with E-state index in [1.165, 1.54) is 0 Å². The van der Waals surface area contributed by atoms with Crippen molar-refractivity contribution in [1.82, 2.24) is 10.6 Å². The van der Waals surface area contributed by atoms with Crippen LogP contribution in [0.15, 0.2) is 54.6 Å². The molecule has 7 nitrogen and oxygen atoms in total. The molecule has 8 heteroatoms. The highest BCUT2D eigenvalue weighted by atomic mass is 32.2. The minimum absolute atomic E-state index is 0.173. The van der Waals surface area contributed by atoms with Gasteiger partial charge in [-0.2, -0.15) is 11.8 Å². The molecule has 0 radical (unpaired) electrons. The largest absolute Gasteiger partial charge is 0.484 e. The predicted octanol–water partition coefficient (Wildman–Crippen LogP) is 2.30. The van der Waals surface area contributed by atoms with Gasteiger partial charge >= 0.3 is 0 Å². The first-order chi connectivity index (χ1) is 14.0. The van der Waals surface area contributed by atoms with E-state index in [2.05, 4.69) is 16.0 Å². The van der Waals surface area contributed by atoms with Gasteiger partial charge < -0.3 is 20.7 Å². The Balaban J connectivity index is 1.94. The van der Waals surface area contributed by atoms with Gasteiger partial charge in [0.25, 0.3) is 11.8 Å². The zero-order valence-corrected chi connectivity index (χ0v) is 17.3. The van der Waals surface area contributed by atoms with E-state index in [0.29, 0.717) is 29.2 Å². The van der Waals surface area contributed by atoms with Crippen LogP contribution in [0.2, 0.25) is 0 Å². The number of benzene rings is 2. The minimum Gasteiger partial charge on any atom is -0.484 e. The molecule has 0 aliphatic heterocycles. The third-order valence-corrected chi connectivity index (χ3v) is 4.66. The molecule has 0 aliphatic rings. The van der Waals surface area contributed by atoms with Gasteiger partial charge in [0.2, 0.25) is 5.91 Å². The Labute approximate surface area is 174 Å². The fourth-order valence-electron chi connectivity index (χ4n) is 2.48. The maximum absolute atomic E-state index is 12.6. The molecule has 0 heterocycles. The minimum atomic E-state index is -0.687. The topological polar surface area (TPSA) is 96.5 Å². The summed E-state index contributed by atoms with van der Waals surface area (Å²) in [5, 5.41) is 8.05. The third-order valence-electron chi connectivity index (χ3n) is 4.02. The summed E-state index contributed by atoms with van der Waals surface area (Å²) in [4.78, 5) is 36.5. The average Bonchev–Trinajstić information content (AvgIpc) is 2.75. The SMILES string of the molecule is CNC(=O)c1ccc(NC(=O)C(CCSC)NC(=O)COc2ccccc2)cc1. The Morgan fingerprint density at radius 1 is 1.03 bits per heavy atom. The van der Waals surface area contributed by atoms with Crippen molar-refractivity contribution in [2.24, 2.45) is 0 Å². The molecule has 154 valence electrons. The lowest BCUT2D eigenvalue weighted by Gasteiger charge is -2.18. The molecule has 2 rings (SSSR count). The number of nitrogens with one attached hydrogen (secondary N) is 3. The second-order valence-corrected chi connectivity index (χ2v) is 7.13. The monoisotopic (exact) mass is 415 g/mol. The molecule has 0 bridgehead atoms. The van der Waals surface area contributed by atoms with Crippen molar-refractivity contribution in [2.45, 2.75) is 12.5 Å². The van der Waals surface area contributed by atoms with Gasteiger partial charge in [0.1, 0.15) is 11.8 Å². The van der Waals surface area contributed by atoms with Crippen LogP contribution in [0.3, 0.4) is 0 Å². The van der Waals surface area contributed by atoms with Gasteiger partial charge in [-0.1, -0.05) is 18.2 Å². The molecule has 0 fully saturated rings.